The van der Waals surface area contributed by atoms with Crippen LogP contribution in [0.1, 0.15) is 13.8 Å². The summed E-state index contributed by atoms with van der Waals surface area (Å²) >= 11 is 0.965. The Morgan fingerprint density at radius 3 is 2.52 bits per heavy atom. The van der Waals surface area contributed by atoms with Gasteiger partial charge in [0.1, 0.15) is 11.3 Å². The van der Waals surface area contributed by atoms with Gasteiger partial charge in [-0.25, -0.2) is 23.4 Å². The maximum absolute atomic E-state index is 13.6. The van der Waals surface area contributed by atoms with Gasteiger partial charge in [-0.15, -0.1) is 0 Å². The molecule has 1 aromatic carbocycles. The van der Waals surface area contributed by atoms with Gasteiger partial charge < -0.3 is 14.8 Å². The Morgan fingerprint density at radius 1 is 1.22 bits per heavy atom. The molecule has 1 aliphatic rings. The van der Waals surface area contributed by atoms with Crippen molar-refractivity contribution in [1.29, 1.82) is 0 Å². The minimum Gasteiger partial charge on any atom is -0.419 e. The highest BCUT2D eigenvalue weighted by Gasteiger charge is 2.39. The van der Waals surface area contributed by atoms with E-state index in [4.69, 9.17) is 9.47 Å². The molecule has 1 aliphatic heterocycles. The number of esters is 2. The minimum absolute atomic E-state index is 0.00719. The number of carbonyl (C=O) groups is 2. The summed E-state index contributed by atoms with van der Waals surface area (Å²) in [5, 5.41) is 2.78. The summed E-state index contributed by atoms with van der Waals surface area (Å²) in [6, 6.07) is 1.86. The van der Waals surface area contributed by atoms with Gasteiger partial charge in [0.25, 0.3) is 5.79 Å². The topological polar surface area (TPSA) is 77.5 Å². The van der Waals surface area contributed by atoms with Gasteiger partial charge in [0, 0.05) is 26.1 Å². The molecule has 9 heteroatoms. The number of cyclic esters (lactones) is 2. The second kappa shape index (κ2) is 5.27. The van der Waals surface area contributed by atoms with E-state index in [-0.39, 0.29) is 16.2 Å². The molecule has 0 bridgehead atoms. The van der Waals surface area contributed by atoms with Crippen LogP contribution in [-0.4, -0.2) is 22.7 Å². The van der Waals surface area contributed by atoms with E-state index in [1.165, 1.54) is 13.8 Å². The average molecular weight is 340 g/mol. The van der Waals surface area contributed by atoms with Crippen molar-refractivity contribution in [2.24, 2.45) is 0 Å². The lowest BCUT2D eigenvalue weighted by Crippen LogP contribution is -2.42. The molecule has 1 saturated heterocycles. The summed E-state index contributed by atoms with van der Waals surface area (Å²) < 4.78 is 36.9. The number of ether oxygens (including phenoxy) is 2. The van der Waals surface area contributed by atoms with Gasteiger partial charge in [0.2, 0.25) is 0 Å². The van der Waals surface area contributed by atoms with Crippen molar-refractivity contribution < 1.29 is 27.8 Å². The monoisotopic (exact) mass is 340 g/mol. The number of benzene rings is 1. The summed E-state index contributed by atoms with van der Waals surface area (Å²) in [6.07, 6.45) is 1.06. The summed E-state index contributed by atoms with van der Waals surface area (Å²) in [5.41, 5.74) is -0.359. The summed E-state index contributed by atoms with van der Waals surface area (Å²) in [7, 11) is 0. The van der Waals surface area contributed by atoms with E-state index in [1.54, 1.807) is 0 Å². The van der Waals surface area contributed by atoms with Crippen LogP contribution >= 0.6 is 11.3 Å². The number of fused-ring (bicyclic) bond motifs is 1. The summed E-state index contributed by atoms with van der Waals surface area (Å²) in [6.45, 7) is 2.86. The molecule has 6 nitrogen and oxygen atoms in total. The van der Waals surface area contributed by atoms with Crippen molar-refractivity contribution in [3.8, 4) is 0 Å². The Hall–Kier alpha value is -2.55. The number of thiazole rings is 1. The van der Waals surface area contributed by atoms with Gasteiger partial charge in [-0.2, -0.15) is 0 Å². The molecular formula is C14H10F2N2O4S. The van der Waals surface area contributed by atoms with Crippen molar-refractivity contribution in [2.75, 3.05) is 5.32 Å². The molecule has 3 rings (SSSR count). The fraction of sp³-hybridized carbons (Fsp3) is 0.214. The zero-order valence-corrected chi connectivity index (χ0v) is 12.8. The van der Waals surface area contributed by atoms with Crippen LogP contribution in [0.25, 0.3) is 10.2 Å². The Labute approximate surface area is 132 Å². The molecule has 0 unspecified atom stereocenters. The zero-order chi connectivity index (χ0) is 16.8. The van der Waals surface area contributed by atoms with Crippen LogP contribution in [0, 0.1) is 11.6 Å². The first-order chi connectivity index (χ1) is 10.7. The van der Waals surface area contributed by atoms with Crippen LogP contribution in [0.5, 0.6) is 0 Å². The Kier molecular flexibility index (Phi) is 3.52. The van der Waals surface area contributed by atoms with Crippen molar-refractivity contribution >= 4 is 38.6 Å². The lowest BCUT2D eigenvalue weighted by molar-refractivity contribution is -0.222. The van der Waals surface area contributed by atoms with E-state index in [2.05, 4.69) is 10.3 Å². The molecule has 1 N–H and O–H groups in total. The fourth-order valence-electron chi connectivity index (χ4n) is 1.93. The van der Waals surface area contributed by atoms with Gasteiger partial charge in [-0.05, 0) is 6.07 Å². The van der Waals surface area contributed by atoms with E-state index >= 15 is 0 Å². The quantitative estimate of drug-likeness (QED) is 0.515. The molecule has 1 fully saturated rings. The van der Waals surface area contributed by atoms with Gasteiger partial charge in [0.15, 0.2) is 16.5 Å². The van der Waals surface area contributed by atoms with E-state index < -0.39 is 29.4 Å². The predicted octanol–water partition coefficient (Wildman–Crippen LogP) is 2.71. The summed E-state index contributed by atoms with van der Waals surface area (Å²) in [5.74, 6) is -4.54. The Balaban J connectivity index is 1.87. The molecule has 0 atom stereocenters. The number of halogens is 2. The number of nitrogens with one attached hydrogen (secondary N) is 1. The zero-order valence-electron chi connectivity index (χ0n) is 12.0. The van der Waals surface area contributed by atoms with Crippen molar-refractivity contribution in [3.63, 3.8) is 0 Å². The SMILES string of the molecule is CC1(C)OC(=O)C(=CNc2nc3c(F)cc(F)cc3s2)C(=O)O1. The predicted molar refractivity (Wildman–Crippen MR) is 77.5 cm³/mol. The first-order valence-corrected chi connectivity index (χ1v) is 7.26. The lowest BCUT2D eigenvalue weighted by Gasteiger charge is -2.29. The Morgan fingerprint density at radius 2 is 1.87 bits per heavy atom. The largest absolute Gasteiger partial charge is 0.419 e. The Bertz CT molecular complexity index is 838. The molecule has 1 aromatic heterocycles. The average Bonchev–Trinajstić information content (AvgIpc) is 2.79. The van der Waals surface area contributed by atoms with Crippen LogP contribution in [0.4, 0.5) is 13.9 Å². The van der Waals surface area contributed by atoms with E-state index in [9.17, 15) is 18.4 Å². The normalized spacial score (nSPS) is 17.0. The van der Waals surface area contributed by atoms with Crippen LogP contribution in [0.3, 0.4) is 0 Å². The first-order valence-electron chi connectivity index (χ1n) is 6.44. The molecule has 0 amide bonds. The smallest absolute Gasteiger partial charge is 0.350 e. The van der Waals surface area contributed by atoms with Crippen molar-refractivity contribution in [2.45, 2.75) is 19.6 Å². The van der Waals surface area contributed by atoms with Crippen LogP contribution < -0.4 is 5.32 Å². The van der Waals surface area contributed by atoms with Gasteiger partial charge in [-0.1, -0.05) is 11.3 Å². The van der Waals surface area contributed by atoms with E-state index in [1.807, 2.05) is 0 Å². The fourth-order valence-corrected chi connectivity index (χ4v) is 2.81. The molecule has 0 spiro atoms. The second-order valence-corrected chi connectivity index (χ2v) is 6.17. The van der Waals surface area contributed by atoms with Crippen molar-refractivity contribution in [3.05, 3.63) is 35.5 Å². The third-order valence-electron chi connectivity index (χ3n) is 2.87. The minimum atomic E-state index is -1.33. The number of hydrogen-bond acceptors (Lipinski definition) is 7. The second-order valence-electron chi connectivity index (χ2n) is 5.13. The number of hydrogen-bond donors (Lipinski definition) is 1. The van der Waals surface area contributed by atoms with Gasteiger partial charge in [0.05, 0.1) is 4.70 Å². The number of anilines is 1. The molecule has 120 valence electrons. The molecule has 0 radical (unpaired) electrons. The molecule has 23 heavy (non-hydrogen) atoms. The van der Waals surface area contributed by atoms with Gasteiger partial charge >= 0.3 is 11.9 Å². The van der Waals surface area contributed by atoms with Crippen molar-refractivity contribution in [1.82, 2.24) is 4.98 Å². The van der Waals surface area contributed by atoms with Crippen LogP contribution in [0.2, 0.25) is 0 Å². The molecule has 2 aromatic rings. The standard InChI is InChI=1S/C14H10F2N2O4S/c1-14(2)21-11(19)7(12(20)22-14)5-17-13-18-10-8(16)3-6(15)4-9(10)23-13/h3-5H,1-2H3,(H,17,18). The van der Waals surface area contributed by atoms with Gasteiger partial charge in [-0.3, -0.25) is 0 Å². The highest BCUT2D eigenvalue weighted by atomic mass is 32.1. The molecule has 0 aliphatic carbocycles. The number of rotatable bonds is 2. The first kappa shape index (κ1) is 15.3. The highest BCUT2D eigenvalue weighted by molar-refractivity contribution is 7.22. The summed E-state index contributed by atoms with van der Waals surface area (Å²) in [4.78, 5) is 27.4. The third-order valence-corrected chi connectivity index (χ3v) is 3.80. The third kappa shape index (κ3) is 3.00. The lowest BCUT2D eigenvalue weighted by atomic mass is 10.2. The molecular weight excluding hydrogens is 330 g/mol. The van der Waals surface area contributed by atoms with E-state index in [0.717, 1.165) is 29.7 Å². The number of carbonyl (C=O) groups excluding carboxylic acids is 2. The maximum Gasteiger partial charge on any atom is 0.350 e. The maximum atomic E-state index is 13.6. The van der Waals surface area contributed by atoms with Crippen LogP contribution in [0.15, 0.2) is 23.9 Å². The van der Waals surface area contributed by atoms with E-state index in [0.29, 0.717) is 4.70 Å². The molecule has 0 saturated carbocycles. The molecule has 2 heterocycles. The highest BCUT2D eigenvalue weighted by Crippen LogP contribution is 2.29. The number of aromatic nitrogens is 1. The number of nitrogens with zero attached hydrogens (tertiary/aromatic N) is 1. The van der Waals surface area contributed by atoms with Crippen LogP contribution in [-0.2, 0) is 19.1 Å².